The lowest BCUT2D eigenvalue weighted by atomic mass is 9.96. The standard InChI is InChI=1S/C17H19ClN2O4S/c1-17(2)13(16(23)24-9-18)20-14(22)12(15(20)25-17)19-11(21)8-10-6-4-3-5-7-10/h3-7,12-13,15H,8-9H2,1-2H3,(H,19,21)/t12-,13+,15-/m1/s1. The number of amides is 2. The number of fused-ring (bicyclic) bond motifs is 1. The monoisotopic (exact) mass is 382 g/mol. The first-order chi connectivity index (χ1) is 11.8. The van der Waals surface area contributed by atoms with E-state index in [2.05, 4.69) is 5.32 Å². The summed E-state index contributed by atoms with van der Waals surface area (Å²) < 4.78 is 4.38. The van der Waals surface area contributed by atoms with Crippen LogP contribution in [0.5, 0.6) is 0 Å². The summed E-state index contributed by atoms with van der Waals surface area (Å²) in [5.41, 5.74) is 0.881. The van der Waals surface area contributed by atoms with Gasteiger partial charge in [0, 0.05) is 4.75 Å². The van der Waals surface area contributed by atoms with E-state index >= 15 is 0 Å². The molecule has 2 heterocycles. The second-order valence-corrected chi connectivity index (χ2v) is 8.53. The molecule has 3 atom stereocenters. The number of thioether (sulfide) groups is 1. The molecule has 2 aliphatic heterocycles. The minimum Gasteiger partial charge on any atom is -0.448 e. The third-order valence-corrected chi connectivity index (χ3v) is 6.07. The van der Waals surface area contributed by atoms with Gasteiger partial charge in [-0.3, -0.25) is 9.59 Å². The van der Waals surface area contributed by atoms with Crippen molar-refractivity contribution in [2.75, 3.05) is 6.07 Å². The average Bonchev–Trinajstić information content (AvgIpc) is 2.82. The lowest BCUT2D eigenvalue weighted by molar-refractivity contribution is -0.163. The van der Waals surface area contributed by atoms with E-state index < -0.39 is 22.8 Å². The molecule has 8 heteroatoms. The first-order valence-corrected chi connectivity index (χ1v) is 9.32. The highest BCUT2D eigenvalue weighted by molar-refractivity contribution is 8.01. The molecule has 1 N–H and O–H groups in total. The quantitative estimate of drug-likeness (QED) is 0.474. The first-order valence-electron chi connectivity index (χ1n) is 7.91. The smallest absolute Gasteiger partial charge is 0.331 e. The zero-order valence-electron chi connectivity index (χ0n) is 13.9. The molecule has 0 spiro atoms. The summed E-state index contributed by atoms with van der Waals surface area (Å²) in [5, 5.41) is 2.52. The van der Waals surface area contributed by atoms with Crippen molar-refractivity contribution < 1.29 is 19.1 Å². The van der Waals surface area contributed by atoms with E-state index in [1.807, 2.05) is 44.2 Å². The maximum atomic E-state index is 12.5. The SMILES string of the molecule is CC1(C)S[C@@H]2[C@H](NC(=O)Cc3ccccc3)C(=O)N2[C@H]1C(=O)OCCl. The van der Waals surface area contributed by atoms with Crippen LogP contribution in [-0.4, -0.2) is 51.0 Å². The number of alkyl halides is 1. The molecule has 1 aromatic rings. The van der Waals surface area contributed by atoms with Crippen LogP contribution in [0.2, 0.25) is 0 Å². The zero-order chi connectivity index (χ0) is 18.2. The Morgan fingerprint density at radius 2 is 2.00 bits per heavy atom. The van der Waals surface area contributed by atoms with Crippen LogP contribution in [0, 0.1) is 0 Å². The third kappa shape index (κ3) is 3.35. The summed E-state index contributed by atoms with van der Waals surface area (Å²) >= 11 is 6.96. The second kappa shape index (κ2) is 6.88. The molecule has 0 aliphatic carbocycles. The Labute approximate surface area is 155 Å². The lowest BCUT2D eigenvalue weighted by Gasteiger charge is -2.43. The molecular formula is C17H19ClN2O4S. The van der Waals surface area contributed by atoms with Crippen molar-refractivity contribution in [2.45, 2.75) is 42.5 Å². The number of nitrogens with zero attached hydrogens (tertiary/aromatic N) is 1. The predicted molar refractivity (Wildman–Crippen MR) is 95.0 cm³/mol. The fourth-order valence-corrected chi connectivity index (χ4v) is 4.99. The summed E-state index contributed by atoms with van der Waals surface area (Å²) in [5.74, 6) is -0.993. The van der Waals surface area contributed by atoms with Gasteiger partial charge < -0.3 is 15.0 Å². The van der Waals surface area contributed by atoms with Crippen LogP contribution >= 0.6 is 23.4 Å². The summed E-state index contributed by atoms with van der Waals surface area (Å²) in [6.45, 7) is 3.76. The van der Waals surface area contributed by atoms with Crippen LogP contribution in [0.3, 0.4) is 0 Å². The number of rotatable bonds is 5. The Morgan fingerprint density at radius 1 is 1.32 bits per heavy atom. The second-order valence-electron chi connectivity index (χ2n) is 6.54. The van der Waals surface area contributed by atoms with Crippen molar-refractivity contribution in [1.82, 2.24) is 10.2 Å². The number of benzene rings is 1. The normalized spacial score (nSPS) is 26.6. The fourth-order valence-electron chi connectivity index (χ4n) is 3.26. The van der Waals surface area contributed by atoms with E-state index in [1.165, 1.54) is 16.7 Å². The van der Waals surface area contributed by atoms with Crippen molar-refractivity contribution in [2.24, 2.45) is 0 Å². The number of nitrogens with one attached hydrogen (secondary N) is 1. The van der Waals surface area contributed by atoms with Gasteiger partial charge >= 0.3 is 5.97 Å². The van der Waals surface area contributed by atoms with Gasteiger partial charge in [0.2, 0.25) is 11.8 Å². The zero-order valence-corrected chi connectivity index (χ0v) is 15.5. The topological polar surface area (TPSA) is 75.7 Å². The summed E-state index contributed by atoms with van der Waals surface area (Å²) in [6.07, 6.45) is 0.211. The molecule has 0 radical (unpaired) electrons. The van der Waals surface area contributed by atoms with Gasteiger partial charge in [0.1, 0.15) is 17.5 Å². The Bertz CT molecular complexity index is 697. The van der Waals surface area contributed by atoms with Gasteiger partial charge in [0.15, 0.2) is 6.07 Å². The van der Waals surface area contributed by atoms with E-state index in [1.54, 1.807) is 0 Å². The van der Waals surface area contributed by atoms with Gasteiger partial charge in [-0.1, -0.05) is 41.9 Å². The molecule has 0 saturated carbocycles. The molecule has 134 valence electrons. The van der Waals surface area contributed by atoms with E-state index in [0.717, 1.165) is 5.56 Å². The molecule has 2 saturated heterocycles. The van der Waals surface area contributed by atoms with Crippen LogP contribution in [0.15, 0.2) is 30.3 Å². The summed E-state index contributed by atoms with van der Waals surface area (Å²) in [4.78, 5) is 38.4. The molecule has 0 bridgehead atoms. The van der Waals surface area contributed by atoms with Crippen molar-refractivity contribution in [3.05, 3.63) is 35.9 Å². The van der Waals surface area contributed by atoms with Crippen LogP contribution in [0.1, 0.15) is 19.4 Å². The first kappa shape index (κ1) is 18.1. The molecule has 2 aliphatic rings. The van der Waals surface area contributed by atoms with Gasteiger partial charge in [0.25, 0.3) is 0 Å². The molecule has 2 amide bonds. The van der Waals surface area contributed by atoms with Crippen molar-refractivity contribution >= 4 is 41.1 Å². The largest absolute Gasteiger partial charge is 0.448 e. The lowest BCUT2D eigenvalue weighted by Crippen LogP contribution is -2.70. The Balaban J connectivity index is 1.66. The van der Waals surface area contributed by atoms with Crippen molar-refractivity contribution in [1.29, 1.82) is 0 Å². The van der Waals surface area contributed by atoms with E-state index in [4.69, 9.17) is 16.3 Å². The Hall–Kier alpha value is -1.73. The highest BCUT2D eigenvalue weighted by Crippen LogP contribution is 2.51. The minimum absolute atomic E-state index is 0.211. The predicted octanol–water partition coefficient (Wildman–Crippen LogP) is 1.52. The highest BCUT2D eigenvalue weighted by atomic mass is 35.5. The van der Waals surface area contributed by atoms with E-state index in [0.29, 0.717) is 0 Å². The number of hydrogen-bond acceptors (Lipinski definition) is 5. The van der Waals surface area contributed by atoms with Gasteiger partial charge in [-0.2, -0.15) is 0 Å². The van der Waals surface area contributed by atoms with Gasteiger partial charge in [-0.25, -0.2) is 4.79 Å². The average molecular weight is 383 g/mol. The van der Waals surface area contributed by atoms with Gasteiger partial charge in [-0.15, -0.1) is 11.8 Å². The molecule has 1 aromatic carbocycles. The van der Waals surface area contributed by atoms with Crippen LogP contribution < -0.4 is 5.32 Å². The minimum atomic E-state index is -0.698. The maximum absolute atomic E-state index is 12.5. The van der Waals surface area contributed by atoms with E-state index in [9.17, 15) is 14.4 Å². The van der Waals surface area contributed by atoms with Crippen molar-refractivity contribution in [3.8, 4) is 0 Å². The fraction of sp³-hybridized carbons (Fsp3) is 0.471. The number of esters is 1. The Morgan fingerprint density at radius 3 is 2.64 bits per heavy atom. The highest BCUT2D eigenvalue weighted by Gasteiger charge is 2.64. The maximum Gasteiger partial charge on any atom is 0.331 e. The van der Waals surface area contributed by atoms with Crippen molar-refractivity contribution in [3.63, 3.8) is 0 Å². The molecule has 0 aromatic heterocycles. The van der Waals surface area contributed by atoms with Crippen LogP contribution in [0.4, 0.5) is 0 Å². The molecule has 3 rings (SSSR count). The number of carbonyl (C=O) groups is 3. The summed E-state index contributed by atoms with van der Waals surface area (Å²) in [6, 6.07) is 7.76. The number of β-lactam (4-membered cyclic amide) rings is 1. The van der Waals surface area contributed by atoms with Gasteiger partial charge in [0.05, 0.1) is 6.42 Å². The van der Waals surface area contributed by atoms with Crippen LogP contribution in [0.25, 0.3) is 0 Å². The molecule has 2 fully saturated rings. The molecule has 6 nitrogen and oxygen atoms in total. The molecule has 25 heavy (non-hydrogen) atoms. The Kier molecular flexibility index (Phi) is 4.97. The molecule has 0 unspecified atom stereocenters. The number of carbonyl (C=O) groups excluding carboxylic acids is 3. The number of halogens is 1. The molecular weight excluding hydrogens is 364 g/mol. The van der Waals surface area contributed by atoms with Crippen LogP contribution in [-0.2, 0) is 25.5 Å². The third-order valence-electron chi connectivity index (χ3n) is 4.39. The van der Waals surface area contributed by atoms with Gasteiger partial charge in [-0.05, 0) is 19.4 Å². The number of ether oxygens (including phenoxy) is 1. The summed E-state index contributed by atoms with van der Waals surface area (Å²) in [7, 11) is 0. The number of hydrogen-bond donors (Lipinski definition) is 1. The van der Waals surface area contributed by atoms with E-state index in [-0.39, 0.29) is 29.7 Å².